The zero-order valence-corrected chi connectivity index (χ0v) is 12.9. The molecule has 0 bridgehead atoms. The lowest BCUT2D eigenvalue weighted by atomic mass is 10.1. The highest BCUT2D eigenvalue weighted by Crippen LogP contribution is 2.16. The van der Waals surface area contributed by atoms with Gasteiger partial charge in [-0.25, -0.2) is 0 Å². The van der Waals surface area contributed by atoms with E-state index in [0.29, 0.717) is 35.2 Å². The molecule has 0 spiro atoms. The number of rotatable bonds is 5. The van der Waals surface area contributed by atoms with Gasteiger partial charge in [0.05, 0.1) is 11.4 Å². The topological polar surface area (TPSA) is 72.9 Å². The van der Waals surface area contributed by atoms with Crippen molar-refractivity contribution in [1.29, 1.82) is 0 Å². The SMILES string of the molecule is CCn1nc(C)c(N)c1C(=O)NCCc1ccc(Cl)cc1. The Balaban J connectivity index is 1.97. The van der Waals surface area contributed by atoms with Gasteiger partial charge in [0.2, 0.25) is 0 Å². The van der Waals surface area contributed by atoms with Crippen molar-refractivity contribution in [3.05, 3.63) is 46.2 Å². The van der Waals surface area contributed by atoms with Gasteiger partial charge in [-0.05, 0) is 38.0 Å². The molecule has 112 valence electrons. The molecule has 0 unspecified atom stereocenters. The first kappa shape index (κ1) is 15.4. The van der Waals surface area contributed by atoms with Crippen LogP contribution >= 0.6 is 11.6 Å². The average Bonchev–Trinajstić information content (AvgIpc) is 2.76. The molecule has 1 aromatic heterocycles. The second kappa shape index (κ2) is 6.63. The van der Waals surface area contributed by atoms with E-state index in [0.717, 1.165) is 12.0 Å². The summed E-state index contributed by atoms with van der Waals surface area (Å²) in [6.07, 6.45) is 0.738. The Morgan fingerprint density at radius 3 is 2.67 bits per heavy atom. The normalized spacial score (nSPS) is 10.6. The highest BCUT2D eigenvalue weighted by atomic mass is 35.5. The number of nitrogens with zero attached hydrogens (tertiary/aromatic N) is 2. The van der Waals surface area contributed by atoms with Crippen molar-refractivity contribution in [2.75, 3.05) is 12.3 Å². The molecule has 0 aliphatic rings. The molecule has 0 atom stereocenters. The molecule has 2 rings (SSSR count). The van der Waals surface area contributed by atoms with Crippen molar-refractivity contribution in [2.45, 2.75) is 26.8 Å². The van der Waals surface area contributed by atoms with Crippen molar-refractivity contribution < 1.29 is 4.79 Å². The number of nitrogens with two attached hydrogens (primary N) is 1. The molecule has 3 N–H and O–H groups in total. The maximum absolute atomic E-state index is 12.2. The van der Waals surface area contributed by atoms with E-state index in [9.17, 15) is 4.79 Å². The van der Waals surface area contributed by atoms with Gasteiger partial charge in [0, 0.05) is 18.1 Å². The first-order valence-electron chi connectivity index (χ1n) is 6.88. The minimum atomic E-state index is -0.191. The first-order valence-corrected chi connectivity index (χ1v) is 7.26. The van der Waals surface area contributed by atoms with Crippen molar-refractivity contribution in [3.63, 3.8) is 0 Å². The molecule has 5 nitrogen and oxygen atoms in total. The van der Waals surface area contributed by atoms with Gasteiger partial charge in [-0.3, -0.25) is 9.48 Å². The first-order chi connectivity index (χ1) is 10.0. The van der Waals surface area contributed by atoms with Gasteiger partial charge in [-0.2, -0.15) is 5.10 Å². The van der Waals surface area contributed by atoms with E-state index in [1.165, 1.54) is 0 Å². The predicted octanol–water partition coefficient (Wildman–Crippen LogP) is 2.42. The Morgan fingerprint density at radius 2 is 2.05 bits per heavy atom. The van der Waals surface area contributed by atoms with Crippen LogP contribution in [0.15, 0.2) is 24.3 Å². The summed E-state index contributed by atoms with van der Waals surface area (Å²) < 4.78 is 1.63. The number of hydrogen-bond acceptors (Lipinski definition) is 3. The highest BCUT2D eigenvalue weighted by molar-refractivity contribution is 6.30. The molecule has 1 aromatic carbocycles. The van der Waals surface area contributed by atoms with Crippen LogP contribution in [0.1, 0.15) is 28.7 Å². The Bertz CT molecular complexity index is 634. The summed E-state index contributed by atoms with van der Waals surface area (Å²) >= 11 is 5.84. The molecule has 0 aliphatic heterocycles. The number of benzene rings is 1. The Labute approximate surface area is 129 Å². The summed E-state index contributed by atoms with van der Waals surface area (Å²) in [5, 5.41) is 7.83. The van der Waals surface area contributed by atoms with Crippen LogP contribution in [0.5, 0.6) is 0 Å². The maximum atomic E-state index is 12.2. The standard InChI is InChI=1S/C15H19ClN4O/c1-3-20-14(13(17)10(2)19-20)15(21)18-9-8-11-4-6-12(16)7-5-11/h4-7H,3,8-9,17H2,1-2H3,(H,18,21). The fourth-order valence-corrected chi connectivity index (χ4v) is 2.24. The molecular formula is C15H19ClN4O. The van der Waals surface area contributed by atoms with Crippen LogP contribution in [0, 0.1) is 6.92 Å². The summed E-state index contributed by atoms with van der Waals surface area (Å²) in [4.78, 5) is 12.2. The Morgan fingerprint density at radius 1 is 1.38 bits per heavy atom. The van der Waals surface area contributed by atoms with Crippen LogP contribution < -0.4 is 11.1 Å². The van der Waals surface area contributed by atoms with E-state index in [4.69, 9.17) is 17.3 Å². The molecule has 2 aromatic rings. The van der Waals surface area contributed by atoms with Gasteiger partial charge in [-0.1, -0.05) is 23.7 Å². The summed E-state index contributed by atoms with van der Waals surface area (Å²) in [5.74, 6) is -0.191. The van der Waals surface area contributed by atoms with Gasteiger partial charge in [0.15, 0.2) is 0 Å². The summed E-state index contributed by atoms with van der Waals surface area (Å²) in [6.45, 7) is 4.87. The minimum absolute atomic E-state index is 0.191. The summed E-state index contributed by atoms with van der Waals surface area (Å²) in [7, 11) is 0. The molecule has 6 heteroatoms. The van der Waals surface area contributed by atoms with E-state index < -0.39 is 0 Å². The quantitative estimate of drug-likeness (QED) is 0.891. The van der Waals surface area contributed by atoms with Crippen LogP contribution in [0.2, 0.25) is 5.02 Å². The molecule has 0 radical (unpaired) electrons. The number of halogens is 1. The van der Waals surface area contributed by atoms with Crippen LogP contribution in [0.25, 0.3) is 0 Å². The number of hydrogen-bond donors (Lipinski definition) is 2. The van der Waals surface area contributed by atoms with Crippen molar-refractivity contribution in [3.8, 4) is 0 Å². The van der Waals surface area contributed by atoms with Gasteiger partial charge < -0.3 is 11.1 Å². The Kier molecular flexibility index (Phi) is 4.85. The maximum Gasteiger partial charge on any atom is 0.271 e. The molecule has 21 heavy (non-hydrogen) atoms. The molecule has 0 saturated heterocycles. The van der Waals surface area contributed by atoms with Gasteiger partial charge in [0.25, 0.3) is 5.91 Å². The molecule has 1 amide bonds. The van der Waals surface area contributed by atoms with Crippen LogP contribution in [0.4, 0.5) is 5.69 Å². The molecule has 0 fully saturated rings. The number of aryl methyl sites for hydroxylation is 2. The number of carbonyl (C=O) groups is 1. The van der Waals surface area contributed by atoms with Crippen molar-refractivity contribution in [2.24, 2.45) is 0 Å². The third kappa shape index (κ3) is 3.55. The fourth-order valence-electron chi connectivity index (χ4n) is 2.12. The predicted molar refractivity (Wildman–Crippen MR) is 84.5 cm³/mol. The number of aromatic nitrogens is 2. The number of anilines is 1. The van der Waals surface area contributed by atoms with Crippen molar-refractivity contribution >= 4 is 23.2 Å². The smallest absolute Gasteiger partial charge is 0.271 e. The van der Waals surface area contributed by atoms with Crippen LogP contribution in [-0.4, -0.2) is 22.2 Å². The highest BCUT2D eigenvalue weighted by Gasteiger charge is 2.18. The largest absolute Gasteiger partial charge is 0.395 e. The van der Waals surface area contributed by atoms with E-state index >= 15 is 0 Å². The minimum Gasteiger partial charge on any atom is -0.395 e. The van der Waals surface area contributed by atoms with Crippen molar-refractivity contribution in [1.82, 2.24) is 15.1 Å². The number of amides is 1. The zero-order valence-electron chi connectivity index (χ0n) is 12.2. The summed E-state index contributed by atoms with van der Waals surface area (Å²) in [6, 6.07) is 7.57. The van der Waals surface area contributed by atoms with Gasteiger partial charge >= 0.3 is 0 Å². The molecular weight excluding hydrogens is 288 g/mol. The molecule has 1 heterocycles. The monoisotopic (exact) mass is 306 g/mol. The number of nitrogens with one attached hydrogen (secondary N) is 1. The second-order valence-corrected chi connectivity index (χ2v) is 5.23. The van der Waals surface area contributed by atoms with E-state index in [2.05, 4.69) is 10.4 Å². The van der Waals surface area contributed by atoms with E-state index in [1.807, 2.05) is 31.2 Å². The Hall–Kier alpha value is -2.01. The van der Waals surface area contributed by atoms with Gasteiger partial charge in [0.1, 0.15) is 5.69 Å². The third-order valence-corrected chi connectivity index (χ3v) is 3.55. The zero-order chi connectivity index (χ0) is 15.4. The lowest BCUT2D eigenvalue weighted by molar-refractivity contribution is 0.0944. The number of nitrogen functional groups attached to an aromatic ring is 1. The number of carbonyl (C=O) groups excluding carboxylic acids is 1. The summed E-state index contributed by atoms with van der Waals surface area (Å²) in [5.41, 5.74) is 8.60. The lowest BCUT2D eigenvalue weighted by Gasteiger charge is -2.08. The van der Waals surface area contributed by atoms with E-state index in [-0.39, 0.29) is 5.91 Å². The molecule has 0 aliphatic carbocycles. The van der Waals surface area contributed by atoms with Crippen LogP contribution in [0.3, 0.4) is 0 Å². The lowest BCUT2D eigenvalue weighted by Crippen LogP contribution is -2.28. The van der Waals surface area contributed by atoms with Crippen LogP contribution in [-0.2, 0) is 13.0 Å². The third-order valence-electron chi connectivity index (χ3n) is 3.30. The fraction of sp³-hybridized carbons (Fsp3) is 0.333. The van der Waals surface area contributed by atoms with Gasteiger partial charge in [-0.15, -0.1) is 0 Å². The van der Waals surface area contributed by atoms with E-state index in [1.54, 1.807) is 11.6 Å². The second-order valence-electron chi connectivity index (χ2n) is 4.80. The molecule has 0 saturated carbocycles. The average molecular weight is 307 g/mol.